The van der Waals surface area contributed by atoms with Crippen molar-refractivity contribution >= 4 is 60.9 Å². The van der Waals surface area contributed by atoms with Crippen molar-refractivity contribution in [1.29, 1.82) is 0 Å². The van der Waals surface area contributed by atoms with E-state index in [-0.39, 0.29) is 58.9 Å². The number of benzene rings is 9. The van der Waals surface area contributed by atoms with Gasteiger partial charge in [-0.2, -0.15) is 11.3 Å². The van der Waals surface area contributed by atoms with Crippen LogP contribution in [0.25, 0.3) is 66.8 Å². The van der Waals surface area contributed by atoms with Crippen LogP contribution in [0.15, 0.2) is 253 Å². The van der Waals surface area contributed by atoms with Crippen molar-refractivity contribution in [2.24, 2.45) is 5.92 Å². The number of hydrogen-bond acceptors (Lipinski definition) is 0. The summed E-state index contributed by atoms with van der Waals surface area (Å²) < 4.78 is 0. The van der Waals surface area contributed by atoms with E-state index in [1.807, 2.05) is 0 Å². The molecule has 0 aliphatic heterocycles. The van der Waals surface area contributed by atoms with E-state index >= 15 is 0 Å². The van der Waals surface area contributed by atoms with Crippen LogP contribution in [0.2, 0.25) is 0 Å². The van der Waals surface area contributed by atoms with Gasteiger partial charge in [-0.05, 0) is 85.0 Å². The molecule has 1 atom stereocenters. The molecule has 336 valence electrons. The molecule has 1 unspecified atom stereocenters. The van der Waals surface area contributed by atoms with Crippen LogP contribution in [0.3, 0.4) is 0 Å². The fourth-order valence-electron chi connectivity index (χ4n) is 9.75. The molecule has 9 aromatic carbocycles. The van der Waals surface area contributed by atoms with E-state index in [1.165, 1.54) is 93.1 Å². The smallest absolute Gasteiger partial charge is 0.0995 e. The van der Waals surface area contributed by atoms with Gasteiger partial charge in [0.15, 0.2) is 0 Å². The summed E-state index contributed by atoms with van der Waals surface area (Å²) in [5.74, 6) is 0.323. The Morgan fingerprint density at radius 3 is 0.824 bits per heavy atom. The molecule has 0 radical (unpaired) electrons. The van der Waals surface area contributed by atoms with Crippen LogP contribution in [0.4, 0.5) is 0 Å². The number of allylic oxidation sites excluding steroid dienone is 4. The van der Waals surface area contributed by atoms with Gasteiger partial charge in [-0.3, -0.25) is 6.08 Å². The first kappa shape index (κ1) is 51.6. The zero-order chi connectivity index (χ0) is 43.3. The summed E-state index contributed by atoms with van der Waals surface area (Å²) >= 11 is 0. The Hall–Kier alpha value is -5.74. The minimum Gasteiger partial charge on any atom is -0.269 e. The largest absolute Gasteiger partial charge is 0.269 e. The standard InChI is InChI=1S/C63H51Si.3ClH.Ti/c1-3-46(2)62-35-22-36-63(62)64(59-40-53(47-23-10-4-11-24-47)37-54(41-59)48-25-12-5-13-26-48,60-42-55(49-27-14-6-15-28-49)38-56(43-60)50-29-16-7-17-30-50)61-44-57(51-31-18-8-19-32-51)39-58(45-61)52-33-20-9-21-34-52;;;;/h4-21,23-34,36-46H,3,22H2,1-2H3;3*1H;/q-1;;;;. The predicted octanol–water partition coefficient (Wildman–Crippen LogP) is 16.1. The molecule has 10 rings (SSSR count). The second-order valence-electron chi connectivity index (χ2n) is 17.1. The summed E-state index contributed by atoms with van der Waals surface area (Å²) in [5.41, 5.74) is 15.9. The van der Waals surface area contributed by atoms with Crippen LogP contribution in [0, 0.1) is 12.0 Å². The van der Waals surface area contributed by atoms with Gasteiger partial charge in [0, 0.05) is 21.7 Å². The fourth-order valence-corrected chi connectivity index (χ4v) is 15.1. The van der Waals surface area contributed by atoms with Gasteiger partial charge >= 0.3 is 0 Å². The van der Waals surface area contributed by atoms with Crippen molar-refractivity contribution in [3.8, 4) is 66.8 Å². The van der Waals surface area contributed by atoms with Crippen LogP contribution in [0.5, 0.6) is 0 Å². The summed E-state index contributed by atoms with van der Waals surface area (Å²) in [6.07, 6.45) is 8.39. The molecule has 0 nitrogen and oxygen atoms in total. The Labute approximate surface area is 438 Å². The summed E-state index contributed by atoms with van der Waals surface area (Å²) in [6, 6.07) is 88.3. The first-order chi connectivity index (χ1) is 31.6. The molecular formula is C63H54Cl3SiTi-. The van der Waals surface area contributed by atoms with Gasteiger partial charge in [-0.25, -0.2) is 5.57 Å². The van der Waals surface area contributed by atoms with Gasteiger partial charge in [-0.1, -0.05) is 260 Å². The number of halogens is 3. The Morgan fingerprint density at radius 1 is 0.368 bits per heavy atom. The van der Waals surface area contributed by atoms with Crippen LogP contribution >= 0.6 is 37.2 Å². The molecule has 0 amide bonds. The van der Waals surface area contributed by atoms with E-state index in [0.717, 1.165) is 12.8 Å². The molecule has 0 saturated carbocycles. The van der Waals surface area contributed by atoms with E-state index < -0.39 is 8.07 Å². The van der Waals surface area contributed by atoms with Crippen molar-refractivity contribution in [1.82, 2.24) is 0 Å². The maximum absolute atomic E-state index is 4.01. The summed E-state index contributed by atoms with van der Waals surface area (Å²) in [5, 5.41) is 5.52. The minimum absolute atomic E-state index is 0. The Morgan fingerprint density at radius 2 is 0.603 bits per heavy atom. The van der Waals surface area contributed by atoms with E-state index in [1.54, 1.807) is 0 Å². The summed E-state index contributed by atoms with van der Waals surface area (Å²) in [6.45, 7) is 4.73. The Kier molecular flexibility index (Phi) is 17.9. The molecule has 0 aromatic heterocycles. The van der Waals surface area contributed by atoms with Crippen molar-refractivity contribution in [3.05, 3.63) is 260 Å². The molecule has 68 heavy (non-hydrogen) atoms. The van der Waals surface area contributed by atoms with Crippen LogP contribution in [0.1, 0.15) is 26.7 Å². The summed E-state index contributed by atoms with van der Waals surface area (Å²) in [4.78, 5) is 0. The summed E-state index contributed by atoms with van der Waals surface area (Å²) in [7, 11) is -3.36. The normalized spacial score (nSPS) is 12.2. The van der Waals surface area contributed by atoms with Gasteiger partial charge < -0.3 is 0 Å². The zero-order valence-corrected chi connectivity index (χ0v) is 43.3. The van der Waals surface area contributed by atoms with E-state index in [4.69, 9.17) is 0 Å². The fraction of sp³-hybridized carbons (Fsp3) is 0.0794. The van der Waals surface area contributed by atoms with Crippen molar-refractivity contribution in [2.75, 3.05) is 0 Å². The van der Waals surface area contributed by atoms with Crippen LogP contribution in [-0.4, -0.2) is 8.07 Å². The van der Waals surface area contributed by atoms with Crippen LogP contribution in [-0.2, 0) is 21.7 Å². The van der Waals surface area contributed by atoms with Gasteiger partial charge in [-0.15, -0.1) is 43.6 Å². The van der Waals surface area contributed by atoms with Gasteiger partial charge in [0.2, 0.25) is 0 Å². The van der Waals surface area contributed by atoms with Crippen molar-refractivity contribution in [2.45, 2.75) is 26.7 Å². The molecule has 1 aliphatic carbocycles. The molecule has 0 fully saturated rings. The maximum atomic E-state index is 4.01. The average Bonchev–Trinajstić information content (AvgIpc) is 3.88. The molecule has 0 bridgehead atoms. The maximum Gasteiger partial charge on any atom is 0.0995 e. The van der Waals surface area contributed by atoms with Crippen molar-refractivity contribution < 1.29 is 21.7 Å². The first-order valence-electron chi connectivity index (χ1n) is 22.7. The molecule has 9 aromatic rings. The zero-order valence-electron chi connectivity index (χ0n) is 38.3. The third kappa shape index (κ3) is 10.5. The number of hydrogen-bond donors (Lipinski definition) is 0. The third-order valence-electron chi connectivity index (χ3n) is 13.1. The van der Waals surface area contributed by atoms with E-state index in [0.29, 0.717) is 5.92 Å². The average molecular weight is 993 g/mol. The SMILES string of the molecule is CCC(C)C1=[C-]CC=C1[Si](c1cc(-c2ccccc2)cc(-c2ccccc2)c1)(c1cc(-c2ccccc2)cc(-c2ccccc2)c1)c1cc(-c2ccccc2)cc(-c2ccccc2)c1.Cl.Cl.Cl.[Ti]. The molecule has 0 spiro atoms. The van der Waals surface area contributed by atoms with Crippen LogP contribution < -0.4 is 15.6 Å². The molecule has 0 N–H and O–H groups in total. The second-order valence-corrected chi connectivity index (χ2v) is 20.8. The quantitative estimate of drug-likeness (QED) is 0.0650. The predicted molar refractivity (Wildman–Crippen MR) is 297 cm³/mol. The topological polar surface area (TPSA) is 0 Å². The monoisotopic (exact) mass is 991 g/mol. The number of rotatable bonds is 12. The van der Waals surface area contributed by atoms with Gasteiger partial charge in [0.1, 0.15) is 0 Å². The van der Waals surface area contributed by atoms with Gasteiger partial charge in [0.05, 0.1) is 8.07 Å². The minimum atomic E-state index is -3.36. The molecule has 1 aliphatic rings. The molecule has 0 saturated heterocycles. The van der Waals surface area contributed by atoms with E-state index in [9.17, 15) is 0 Å². The molecular weight excluding hydrogens is 939 g/mol. The first-order valence-corrected chi connectivity index (χ1v) is 24.7. The Balaban J connectivity index is 0.00000190. The second kappa shape index (κ2) is 23.5. The Bertz CT molecular complexity index is 2630. The third-order valence-corrected chi connectivity index (χ3v) is 17.9. The van der Waals surface area contributed by atoms with Gasteiger partial charge in [0.25, 0.3) is 0 Å². The van der Waals surface area contributed by atoms with E-state index in [2.05, 4.69) is 263 Å². The van der Waals surface area contributed by atoms with Crippen molar-refractivity contribution in [3.63, 3.8) is 0 Å². The molecule has 5 heteroatoms. The molecule has 0 heterocycles.